The highest BCUT2D eigenvalue weighted by Crippen LogP contribution is 2.20. The summed E-state index contributed by atoms with van der Waals surface area (Å²) in [7, 11) is 0. The maximum absolute atomic E-state index is 12.1. The number of Topliss-reactive ketones (excluding diaryl/α,β-unsaturated/α-hetero) is 2. The molecule has 0 amide bonds. The van der Waals surface area contributed by atoms with Gasteiger partial charge in [0.25, 0.3) is 0 Å². The summed E-state index contributed by atoms with van der Waals surface area (Å²) < 4.78 is 0. The summed E-state index contributed by atoms with van der Waals surface area (Å²) in [6.45, 7) is 3.18. The van der Waals surface area contributed by atoms with E-state index in [2.05, 4.69) is 0 Å². The van der Waals surface area contributed by atoms with E-state index in [1.807, 2.05) is 0 Å². The SMILES string of the molecule is CC[C@H](C(=N)C(=O)Cc1ccc(CC(=O)C(=N)[C@@H](CC)C(=O)O)s1)C(=O)O. The number of hydrogen-bond donors (Lipinski definition) is 4. The summed E-state index contributed by atoms with van der Waals surface area (Å²) >= 11 is 1.15. The monoisotopic (exact) mass is 394 g/mol. The second-order valence-electron chi connectivity index (χ2n) is 5.99. The van der Waals surface area contributed by atoms with E-state index in [1.54, 1.807) is 26.0 Å². The van der Waals surface area contributed by atoms with Crippen LogP contribution in [0.15, 0.2) is 12.1 Å². The number of carboxylic acids is 2. The van der Waals surface area contributed by atoms with Crippen LogP contribution < -0.4 is 0 Å². The Morgan fingerprint density at radius 3 is 1.44 bits per heavy atom. The summed E-state index contributed by atoms with van der Waals surface area (Å²) in [6, 6.07) is 3.22. The van der Waals surface area contributed by atoms with Gasteiger partial charge < -0.3 is 21.0 Å². The largest absolute Gasteiger partial charge is 0.481 e. The first-order valence-corrected chi connectivity index (χ1v) is 9.20. The Hall–Kier alpha value is -2.68. The van der Waals surface area contributed by atoms with Gasteiger partial charge in [0, 0.05) is 22.6 Å². The highest BCUT2D eigenvalue weighted by Gasteiger charge is 2.27. The smallest absolute Gasteiger partial charge is 0.312 e. The van der Waals surface area contributed by atoms with Crippen LogP contribution in [-0.4, -0.2) is 45.1 Å². The van der Waals surface area contributed by atoms with Gasteiger partial charge in [-0.2, -0.15) is 0 Å². The molecule has 1 rings (SSSR count). The van der Waals surface area contributed by atoms with Gasteiger partial charge in [-0.1, -0.05) is 13.8 Å². The minimum Gasteiger partial charge on any atom is -0.481 e. The molecule has 2 atom stereocenters. The Balaban J connectivity index is 2.76. The number of nitrogens with one attached hydrogen (secondary N) is 2. The van der Waals surface area contributed by atoms with Crippen molar-refractivity contribution in [3.8, 4) is 0 Å². The van der Waals surface area contributed by atoms with Gasteiger partial charge in [-0.05, 0) is 25.0 Å². The standard InChI is InChI=1S/C18H22N2O6S/c1-3-11(17(23)24)15(19)13(21)7-9-5-6-10(27-9)8-14(22)16(20)12(4-2)18(25)26/h5-6,11-12,19-20H,3-4,7-8H2,1-2H3,(H,23,24)(H,25,26)/t11-,12-/m1/s1. The van der Waals surface area contributed by atoms with Crippen molar-refractivity contribution >= 4 is 46.3 Å². The van der Waals surface area contributed by atoms with Crippen molar-refractivity contribution in [1.29, 1.82) is 10.8 Å². The Morgan fingerprint density at radius 2 is 1.19 bits per heavy atom. The third-order valence-electron chi connectivity index (χ3n) is 4.10. The number of rotatable bonds is 12. The number of carbonyl (C=O) groups excluding carboxylic acids is 2. The molecular formula is C18H22N2O6S. The molecule has 4 N–H and O–H groups in total. The molecule has 1 heterocycles. The molecule has 0 aromatic carbocycles. The fraction of sp³-hybridized carbons (Fsp3) is 0.444. The molecule has 0 aliphatic heterocycles. The highest BCUT2D eigenvalue weighted by molar-refractivity contribution is 7.12. The van der Waals surface area contributed by atoms with Gasteiger partial charge in [-0.25, -0.2) is 0 Å². The molecule has 1 aromatic rings. The molecule has 8 nitrogen and oxygen atoms in total. The maximum atomic E-state index is 12.1. The zero-order valence-corrected chi connectivity index (χ0v) is 15.9. The Labute approximate surface area is 160 Å². The molecule has 9 heteroatoms. The lowest BCUT2D eigenvalue weighted by molar-refractivity contribution is -0.140. The van der Waals surface area contributed by atoms with E-state index in [4.69, 9.17) is 21.0 Å². The summed E-state index contributed by atoms with van der Waals surface area (Å²) in [4.78, 5) is 47.5. The molecule has 0 unspecified atom stereocenters. The van der Waals surface area contributed by atoms with E-state index in [0.29, 0.717) is 9.75 Å². The Kier molecular flexibility index (Phi) is 8.17. The number of aliphatic carboxylic acids is 2. The van der Waals surface area contributed by atoms with Gasteiger partial charge in [-0.15, -0.1) is 11.3 Å². The summed E-state index contributed by atoms with van der Waals surface area (Å²) in [5.41, 5.74) is -0.907. The van der Waals surface area contributed by atoms with Gasteiger partial charge in [0.05, 0.1) is 11.4 Å². The van der Waals surface area contributed by atoms with Crippen molar-refractivity contribution in [2.75, 3.05) is 0 Å². The van der Waals surface area contributed by atoms with E-state index in [0.717, 1.165) is 11.3 Å². The minimum absolute atomic E-state index is 0.133. The van der Waals surface area contributed by atoms with Crippen molar-refractivity contribution in [1.82, 2.24) is 0 Å². The van der Waals surface area contributed by atoms with Crippen LogP contribution in [0.3, 0.4) is 0 Å². The molecule has 0 aliphatic carbocycles. The molecule has 0 fully saturated rings. The molecule has 0 radical (unpaired) electrons. The van der Waals surface area contributed by atoms with Crippen LogP contribution in [-0.2, 0) is 32.0 Å². The Morgan fingerprint density at radius 1 is 0.852 bits per heavy atom. The molecular weight excluding hydrogens is 372 g/mol. The van der Waals surface area contributed by atoms with Crippen LogP contribution in [0.25, 0.3) is 0 Å². The fourth-order valence-electron chi connectivity index (χ4n) is 2.51. The van der Waals surface area contributed by atoms with Crippen LogP contribution in [0.4, 0.5) is 0 Å². The van der Waals surface area contributed by atoms with Crippen molar-refractivity contribution in [2.24, 2.45) is 11.8 Å². The maximum Gasteiger partial charge on any atom is 0.312 e. The van der Waals surface area contributed by atoms with Crippen molar-refractivity contribution in [2.45, 2.75) is 39.5 Å². The van der Waals surface area contributed by atoms with E-state index < -0.39 is 46.8 Å². The second kappa shape index (κ2) is 9.86. The fourth-order valence-corrected chi connectivity index (χ4v) is 3.53. The van der Waals surface area contributed by atoms with E-state index in [-0.39, 0.29) is 25.7 Å². The topological polar surface area (TPSA) is 156 Å². The number of ketones is 2. The van der Waals surface area contributed by atoms with Crippen LogP contribution in [0.2, 0.25) is 0 Å². The van der Waals surface area contributed by atoms with Crippen molar-refractivity contribution < 1.29 is 29.4 Å². The Bertz CT molecular complexity index is 720. The minimum atomic E-state index is -1.21. The van der Waals surface area contributed by atoms with Crippen molar-refractivity contribution in [3.63, 3.8) is 0 Å². The van der Waals surface area contributed by atoms with E-state index >= 15 is 0 Å². The third-order valence-corrected chi connectivity index (χ3v) is 5.18. The van der Waals surface area contributed by atoms with Crippen LogP contribution >= 0.6 is 11.3 Å². The van der Waals surface area contributed by atoms with Gasteiger partial charge in [0.1, 0.15) is 11.8 Å². The molecule has 0 bridgehead atoms. The third kappa shape index (κ3) is 5.92. The average Bonchev–Trinajstić information content (AvgIpc) is 3.01. The molecule has 27 heavy (non-hydrogen) atoms. The van der Waals surface area contributed by atoms with Crippen LogP contribution in [0.1, 0.15) is 36.4 Å². The lowest BCUT2D eigenvalue weighted by Crippen LogP contribution is -2.30. The average molecular weight is 394 g/mol. The first-order chi connectivity index (χ1) is 12.6. The second-order valence-corrected chi connectivity index (χ2v) is 7.25. The summed E-state index contributed by atoms with van der Waals surface area (Å²) in [6.07, 6.45) is 0.0278. The van der Waals surface area contributed by atoms with Gasteiger partial charge in [0.15, 0.2) is 11.6 Å². The molecule has 146 valence electrons. The number of hydrogen-bond acceptors (Lipinski definition) is 7. The molecule has 0 saturated heterocycles. The lowest BCUT2D eigenvalue weighted by Gasteiger charge is -2.10. The number of thiophene rings is 1. The first kappa shape index (κ1) is 22.4. The van der Waals surface area contributed by atoms with E-state index in [1.165, 1.54) is 0 Å². The van der Waals surface area contributed by atoms with Crippen LogP contribution in [0, 0.1) is 22.7 Å². The van der Waals surface area contributed by atoms with Gasteiger partial charge >= 0.3 is 11.9 Å². The van der Waals surface area contributed by atoms with Crippen molar-refractivity contribution in [3.05, 3.63) is 21.9 Å². The van der Waals surface area contributed by atoms with Gasteiger partial charge in [0.2, 0.25) is 0 Å². The first-order valence-electron chi connectivity index (χ1n) is 8.38. The molecule has 0 spiro atoms. The lowest BCUT2D eigenvalue weighted by atomic mass is 9.95. The normalized spacial score (nSPS) is 12.8. The summed E-state index contributed by atoms with van der Waals surface area (Å²) in [5, 5.41) is 33.6. The van der Waals surface area contributed by atoms with Crippen LogP contribution in [0.5, 0.6) is 0 Å². The molecule has 0 saturated carbocycles. The number of carbonyl (C=O) groups is 4. The summed E-state index contributed by atoms with van der Waals surface area (Å²) in [5.74, 6) is -5.88. The molecule has 1 aromatic heterocycles. The van der Waals surface area contributed by atoms with E-state index in [9.17, 15) is 19.2 Å². The van der Waals surface area contributed by atoms with Gasteiger partial charge in [-0.3, -0.25) is 19.2 Å². The highest BCUT2D eigenvalue weighted by atomic mass is 32.1. The molecule has 0 aliphatic rings. The quantitative estimate of drug-likeness (QED) is 0.398. The zero-order valence-electron chi connectivity index (χ0n) is 15.1. The predicted octanol–water partition coefficient (Wildman–Crippen LogP) is 2.23. The number of carboxylic acid groups (broad SMARTS) is 2. The predicted molar refractivity (Wildman–Crippen MR) is 100 cm³/mol. The zero-order chi connectivity index (χ0) is 20.7.